The van der Waals surface area contributed by atoms with E-state index >= 15 is 0 Å². The average molecular weight is 528 g/mol. The van der Waals surface area contributed by atoms with E-state index < -0.39 is 5.25 Å². The molecule has 0 aliphatic carbocycles. The Kier molecular flexibility index (Phi) is 7.52. The molecule has 186 valence electrons. The number of aromatic nitrogens is 2. The summed E-state index contributed by atoms with van der Waals surface area (Å²) >= 11 is 2.72. The zero-order valence-corrected chi connectivity index (χ0v) is 22.1. The number of imidazole rings is 1. The standard InChI is InChI=1S/C28H25N5O2S2/c1-3-24(25(34)30-27-32-31-22(17-36-27)19-15-13-18(2)14-16-19)37-28-29-21-11-7-8-12-23(21)33(28)26(35)20-9-5-4-6-10-20/h4-16,24H,3,17H2,1-2H3,(H,30,32,34). The number of nitrogens with zero attached hydrogens (tertiary/aromatic N) is 4. The number of hydrogen-bond donors (Lipinski definition) is 1. The topological polar surface area (TPSA) is 88.7 Å². The molecule has 4 aromatic rings. The van der Waals surface area contributed by atoms with Gasteiger partial charge < -0.3 is 5.32 Å². The maximum atomic E-state index is 13.4. The van der Waals surface area contributed by atoms with E-state index in [9.17, 15) is 9.59 Å². The van der Waals surface area contributed by atoms with Gasteiger partial charge >= 0.3 is 0 Å². The zero-order valence-electron chi connectivity index (χ0n) is 20.4. The molecule has 37 heavy (non-hydrogen) atoms. The summed E-state index contributed by atoms with van der Waals surface area (Å²) in [4.78, 5) is 31.3. The molecule has 1 unspecified atom stereocenters. The molecule has 1 amide bonds. The molecule has 1 atom stereocenters. The Bertz CT molecular complexity index is 1510. The fraction of sp³-hybridized carbons (Fsp3) is 0.179. The first kappa shape index (κ1) is 25.0. The average Bonchev–Trinajstić information content (AvgIpc) is 3.30. The predicted molar refractivity (Wildman–Crippen MR) is 152 cm³/mol. The van der Waals surface area contributed by atoms with E-state index in [0.29, 0.717) is 39.1 Å². The van der Waals surface area contributed by atoms with Crippen molar-refractivity contribution in [2.24, 2.45) is 10.2 Å². The smallest absolute Gasteiger partial charge is 0.264 e. The van der Waals surface area contributed by atoms with Gasteiger partial charge in [-0.2, -0.15) is 5.10 Å². The molecule has 7 nitrogen and oxygen atoms in total. The number of benzene rings is 3. The lowest BCUT2D eigenvalue weighted by Gasteiger charge is -2.17. The lowest BCUT2D eigenvalue weighted by Crippen LogP contribution is -2.37. The van der Waals surface area contributed by atoms with Crippen LogP contribution in [0, 0.1) is 6.92 Å². The molecule has 1 N–H and O–H groups in total. The van der Waals surface area contributed by atoms with Crippen molar-refractivity contribution in [2.45, 2.75) is 30.7 Å². The second kappa shape index (κ2) is 11.1. The van der Waals surface area contributed by atoms with Crippen molar-refractivity contribution in [1.29, 1.82) is 0 Å². The van der Waals surface area contributed by atoms with E-state index in [1.54, 1.807) is 16.7 Å². The summed E-state index contributed by atoms with van der Waals surface area (Å²) in [6.45, 7) is 3.98. The van der Waals surface area contributed by atoms with Gasteiger partial charge in [0.2, 0.25) is 5.91 Å². The number of para-hydroxylation sites is 2. The highest BCUT2D eigenvalue weighted by molar-refractivity contribution is 8.14. The number of amides is 1. The van der Waals surface area contributed by atoms with Gasteiger partial charge in [-0.05, 0) is 43.2 Å². The number of carbonyl (C=O) groups excluding carboxylic acids is 2. The van der Waals surface area contributed by atoms with Crippen molar-refractivity contribution in [3.63, 3.8) is 0 Å². The molecule has 9 heteroatoms. The Hall–Kier alpha value is -3.69. The van der Waals surface area contributed by atoms with Gasteiger partial charge in [0.05, 0.1) is 22.0 Å². The third kappa shape index (κ3) is 5.52. The number of thioether (sulfide) groups is 2. The van der Waals surface area contributed by atoms with E-state index in [0.717, 1.165) is 11.3 Å². The Morgan fingerprint density at radius 3 is 2.43 bits per heavy atom. The van der Waals surface area contributed by atoms with Crippen molar-refractivity contribution in [2.75, 3.05) is 5.75 Å². The molecule has 1 aliphatic rings. The van der Waals surface area contributed by atoms with Gasteiger partial charge in [-0.25, -0.2) is 4.98 Å². The second-order valence-electron chi connectivity index (χ2n) is 8.50. The number of fused-ring (bicyclic) bond motifs is 1. The zero-order chi connectivity index (χ0) is 25.8. The van der Waals surface area contributed by atoms with Crippen molar-refractivity contribution in [3.05, 3.63) is 95.6 Å². The first-order chi connectivity index (χ1) is 18.0. The van der Waals surface area contributed by atoms with Gasteiger partial charge in [0.1, 0.15) is 0 Å². The maximum absolute atomic E-state index is 13.4. The van der Waals surface area contributed by atoms with Gasteiger partial charge in [0, 0.05) is 11.3 Å². The van der Waals surface area contributed by atoms with Crippen LogP contribution in [0.5, 0.6) is 0 Å². The minimum absolute atomic E-state index is 0.183. The van der Waals surface area contributed by atoms with Gasteiger partial charge in [0.15, 0.2) is 10.3 Å². The summed E-state index contributed by atoms with van der Waals surface area (Å²) < 4.78 is 1.59. The molecular formula is C28H25N5O2S2. The number of aryl methyl sites for hydroxylation is 1. The summed E-state index contributed by atoms with van der Waals surface area (Å²) in [7, 11) is 0. The Balaban J connectivity index is 1.36. The maximum Gasteiger partial charge on any atom is 0.264 e. The number of hydrogen-bond acceptors (Lipinski definition) is 7. The largest absolute Gasteiger partial charge is 0.303 e. The minimum atomic E-state index is -0.468. The molecule has 0 saturated heterocycles. The SMILES string of the molecule is CCC(Sc1nc2ccccc2n1C(=O)c1ccccc1)C(=O)NC1=NN=C(c2ccc(C)cc2)CS1. The van der Waals surface area contributed by atoms with Crippen LogP contribution in [0.2, 0.25) is 0 Å². The van der Waals surface area contributed by atoms with Crippen molar-refractivity contribution >= 4 is 57.3 Å². The number of amidine groups is 1. The fourth-order valence-electron chi connectivity index (χ4n) is 3.87. The summed E-state index contributed by atoms with van der Waals surface area (Å²) in [6.07, 6.45) is 0.551. The summed E-state index contributed by atoms with van der Waals surface area (Å²) in [5.41, 5.74) is 5.05. The first-order valence-corrected chi connectivity index (χ1v) is 13.8. The summed E-state index contributed by atoms with van der Waals surface area (Å²) in [6, 6.07) is 24.7. The van der Waals surface area contributed by atoms with Crippen LogP contribution in [0.4, 0.5) is 0 Å². The fourth-order valence-corrected chi connectivity index (χ4v) is 5.67. The van der Waals surface area contributed by atoms with E-state index in [4.69, 9.17) is 4.98 Å². The monoisotopic (exact) mass is 527 g/mol. The Morgan fingerprint density at radius 2 is 1.73 bits per heavy atom. The molecule has 1 aromatic heterocycles. The molecule has 0 saturated carbocycles. The van der Waals surface area contributed by atoms with Gasteiger partial charge in [-0.1, -0.05) is 90.6 Å². The highest BCUT2D eigenvalue weighted by Crippen LogP contribution is 2.30. The second-order valence-corrected chi connectivity index (χ2v) is 10.6. The van der Waals surface area contributed by atoms with E-state index in [1.165, 1.54) is 29.1 Å². The van der Waals surface area contributed by atoms with Crippen LogP contribution in [0.1, 0.15) is 34.8 Å². The highest BCUT2D eigenvalue weighted by Gasteiger charge is 2.26. The molecule has 5 rings (SSSR count). The van der Waals surface area contributed by atoms with Crippen LogP contribution in [0.25, 0.3) is 11.0 Å². The predicted octanol–water partition coefficient (Wildman–Crippen LogP) is 5.53. The molecule has 2 heterocycles. The van der Waals surface area contributed by atoms with Crippen LogP contribution in [0.15, 0.2) is 94.2 Å². The number of nitrogens with one attached hydrogen (secondary N) is 1. The molecule has 0 bridgehead atoms. The summed E-state index contributed by atoms with van der Waals surface area (Å²) in [5, 5.41) is 12.0. The number of rotatable bonds is 6. The van der Waals surface area contributed by atoms with Crippen LogP contribution >= 0.6 is 23.5 Å². The third-order valence-corrected chi connectivity index (χ3v) is 8.08. The molecule has 1 aliphatic heterocycles. The molecule has 0 radical (unpaired) electrons. The first-order valence-electron chi connectivity index (χ1n) is 11.9. The van der Waals surface area contributed by atoms with Crippen molar-refractivity contribution < 1.29 is 9.59 Å². The molecule has 3 aromatic carbocycles. The Morgan fingerprint density at radius 1 is 1.00 bits per heavy atom. The van der Waals surface area contributed by atoms with Gasteiger partial charge in [-0.3, -0.25) is 14.2 Å². The summed E-state index contributed by atoms with van der Waals surface area (Å²) in [5.74, 6) is 0.240. The normalized spacial score (nSPS) is 14.1. The van der Waals surface area contributed by atoms with E-state index in [2.05, 4.69) is 15.5 Å². The van der Waals surface area contributed by atoms with Gasteiger partial charge in [0.25, 0.3) is 5.91 Å². The van der Waals surface area contributed by atoms with E-state index in [1.807, 2.05) is 80.6 Å². The minimum Gasteiger partial charge on any atom is -0.303 e. The van der Waals surface area contributed by atoms with Crippen LogP contribution in [-0.2, 0) is 4.79 Å². The Labute approximate surface area is 223 Å². The quantitative estimate of drug-likeness (QED) is 0.333. The third-order valence-electron chi connectivity index (χ3n) is 5.89. The number of carbonyl (C=O) groups is 2. The van der Waals surface area contributed by atoms with Crippen molar-refractivity contribution in [3.8, 4) is 0 Å². The molecule has 0 spiro atoms. The van der Waals surface area contributed by atoms with Crippen LogP contribution in [0.3, 0.4) is 0 Å². The molecular weight excluding hydrogens is 502 g/mol. The van der Waals surface area contributed by atoms with Crippen LogP contribution < -0.4 is 5.32 Å². The lowest BCUT2D eigenvalue weighted by molar-refractivity contribution is -0.119. The van der Waals surface area contributed by atoms with Crippen molar-refractivity contribution in [1.82, 2.24) is 14.9 Å². The van der Waals surface area contributed by atoms with Crippen LogP contribution in [-0.4, -0.2) is 43.2 Å². The van der Waals surface area contributed by atoms with E-state index in [-0.39, 0.29) is 11.8 Å². The lowest BCUT2D eigenvalue weighted by atomic mass is 10.1. The van der Waals surface area contributed by atoms with Gasteiger partial charge in [-0.15, -0.1) is 5.10 Å². The molecule has 0 fully saturated rings. The highest BCUT2D eigenvalue weighted by atomic mass is 32.2.